The second kappa shape index (κ2) is 7.37. The first-order chi connectivity index (χ1) is 9.47. The lowest BCUT2D eigenvalue weighted by molar-refractivity contribution is 0.255. The average Bonchev–Trinajstić information content (AvgIpc) is 2.40. The molecule has 1 aromatic rings. The van der Waals surface area contributed by atoms with Gasteiger partial charge in [0.2, 0.25) is 0 Å². The maximum absolute atomic E-state index is 11.8. The van der Waals surface area contributed by atoms with Crippen molar-refractivity contribution in [2.24, 2.45) is 0 Å². The molecule has 6 nitrogen and oxygen atoms in total. The van der Waals surface area contributed by atoms with E-state index >= 15 is 0 Å². The number of aryl methyl sites for hydroxylation is 2. The van der Waals surface area contributed by atoms with E-state index in [9.17, 15) is 4.79 Å². The van der Waals surface area contributed by atoms with Crippen LogP contribution in [0.15, 0.2) is 12.1 Å². The summed E-state index contributed by atoms with van der Waals surface area (Å²) in [7, 11) is 1.61. The number of nitrogens with one attached hydrogen (secondary N) is 4. The summed E-state index contributed by atoms with van der Waals surface area (Å²) in [4.78, 5) is 11.8. The molecule has 0 saturated heterocycles. The normalized spacial score (nSPS) is 9.80. The van der Waals surface area contributed by atoms with Gasteiger partial charge in [0, 0.05) is 12.2 Å². The number of amides is 2. The van der Waals surface area contributed by atoms with Crippen molar-refractivity contribution in [2.75, 3.05) is 19.0 Å². The number of carbonyl (C=O) groups is 1. The van der Waals surface area contributed by atoms with E-state index in [0.29, 0.717) is 6.54 Å². The molecule has 0 aromatic heterocycles. The van der Waals surface area contributed by atoms with Crippen LogP contribution in [0, 0.1) is 19.3 Å². The first-order valence-corrected chi connectivity index (χ1v) is 6.53. The molecule has 1 aromatic carbocycles. The molecule has 0 spiro atoms. The summed E-state index contributed by atoms with van der Waals surface area (Å²) in [5.41, 5.74) is 2.54. The molecule has 20 heavy (non-hydrogen) atoms. The maximum Gasteiger partial charge on any atom is 0.326 e. The van der Waals surface area contributed by atoms with E-state index in [4.69, 9.17) is 10.1 Å². The monoisotopic (exact) mass is 278 g/mol. The number of anilines is 1. The Hall–Kier alpha value is -2.24. The second-order valence-electron chi connectivity index (χ2n) is 4.52. The number of urea groups is 1. The van der Waals surface area contributed by atoms with Crippen LogP contribution in [0.25, 0.3) is 0 Å². The predicted octanol–water partition coefficient (Wildman–Crippen LogP) is 2.37. The van der Waals surface area contributed by atoms with Crippen LogP contribution in [-0.4, -0.2) is 25.6 Å². The van der Waals surface area contributed by atoms with Crippen molar-refractivity contribution in [3.8, 4) is 5.75 Å². The summed E-state index contributed by atoms with van der Waals surface area (Å²) < 4.78 is 5.17. The molecule has 0 heterocycles. The SMILES string of the molecule is CCCNC(=N)NC(=O)Nc1c(C)cc(OC)cc1C. The fraction of sp³-hybridized carbons (Fsp3) is 0.429. The summed E-state index contributed by atoms with van der Waals surface area (Å²) in [6.45, 7) is 6.43. The summed E-state index contributed by atoms with van der Waals surface area (Å²) >= 11 is 0. The third kappa shape index (κ3) is 4.46. The molecular formula is C14H22N4O2. The van der Waals surface area contributed by atoms with Gasteiger partial charge >= 0.3 is 6.03 Å². The van der Waals surface area contributed by atoms with E-state index in [-0.39, 0.29) is 5.96 Å². The molecule has 0 aliphatic heterocycles. The van der Waals surface area contributed by atoms with Gasteiger partial charge in [-0.3, -0.25) is 10.7 Å². The second-order valence-corrected chi connectivity index (χ2v) is 4.52. The van der Waals surface area contributed by atoms with Crippen molar-refractivity contribution in [1.29, 1.82) is 5.41 Å². The van der Waals surface area contributed by atoms with Crippen molar-refractivity contribution in [3.05, 3.63) is 23.3 Å². The number of methoxy groups -OCH3 is 1. The first kappa shape index (κ1) is 15.8. The molecule has 0 unspecified atom stereocenters. The van der Waals surface area contributed by atoms with E-state index in [1.165, 1.54) is 0 Å². The lowest BCUT2D eigenvalue weighted by Gasteiger charge is -2.14. The average molecular weight is 278 g/mol. The van der Waals surface area contributed by atoms with E-state index in [0.717, 1.165) is 29.0 Å². The van der Waals surface area contributed by atoms with Crippen LogP contribution in [0.1, 0.15) is 24.5 Å². The molecule has 0 aliphatic carbocycles. The lowest BCUT2D eigenvalue weighted by Crippen LogP contribution is -2.42. The van der Waals surface area contributed by atoms with Gasteiger partial charge < -0.3 is 15.4 Å². The minimum absolute atomic E-state index is 0.00633. The summed E-state index contributed by atoms with van der Waals surface area (Å²) in [6.07, 6.45) is 0.891. The number of guanidine groups is 1. The van der Waals surface area contributed by atoms with Gasteiger partial charge in [-0.2, -0.15) is 0 Å². The molecule has 0 bridgehead atoms. The van der Waals surface area contributed by atoms with Crippen molar-refractivity contribution in [3.63, 3.8) is 0 Å². The number of ether oxygens (including phenoxy) is 1. The van der Waals surface area contributed by atoms with Gasteiger partial charge in [0.05, 0.1) is 7.11 Å². The molecule has 0 atom stereocenters. The Morgan fingerprint density at radius 2 is 1.90 bits per heavy atom. The Balaban J connectivity index is 2.69. The summed E-state index contributed by atoms with van der Waals surface area (Å²) in [5.74, 6) is 0.747. The van der Waals surface area contributed by atoms with Gasteiger partial charge in [-0.05, 0) is 43.5 Å². The molecule has 110 valence electrons. The largest absolute Gasteiger partial charge is 0.497 e. The zero-order valence-electron chi connectivity index (χ0n) is 12.4. The topological polar surface area (TPSA) is 86.2 Å². The number of carbonyl (C=O) groups excluding carboxylic acids is 1. The predicted molar refractivity (Wildman–Crippen MR) is 80.6 cm³/mol. The Labute approximate surface area is 119 Å². The first-order valence-electron chi connectivity index (χ1n) is 6.53. The van der Waals surface area contributed by atoms with Gasteiger partial charge in [0.25, 0.3) is 0 Å². The zero-order chi connectivity index (χ0) is 15.1. The molecule has 0 radical (unpaired) electrons. The third-order valence-corrected chi connectivity index (χ3v) is 2.77. The fourth-order valence-corrected chi connectivity index (χ4v) is 1.79. The highest BCUT2D eigenvalue weighted by atomic mass is 16.5. The van der Waals surface area contributed by atoms with Crippen molar-refractivity contribution in [2.45, 2.75) is 27.2 Å². The Bertz CT molecular complexity index is 477. The molecule has 0 aliphatic rings. The van der Waals surface area contributed by atoms with Gasteiger partial charge in [-0.15, -0.1) is 0 Å². The van der Waals surface area contributed by atoms with Crippen molar-refractivity contribution < 1.29 is 9.53 Å². The van der Waals surface area contributed by atoms with Crippen LogP contribution >= 0.6 is 0 Å². The Kier molecular flexibility index (Phi) is 5.83. The smallest absolute Gasteiger partial charge is 0.326 e. The van der Waals surface area contributed by atoms with Crippen LogP contribution < -0.4 is 20.7 Å². The molecule has 6 heteroatoms. The molecule has 2 amide bonds. The number of rotatable bonds is 4. The van der Waals surface area contributed by atoms with E-state index < -0.39 is 6.03 Å². The highest BCUT2D eigenvalue weighted by Gasteiger charge is 2.10. The van der Waals surface area contributed by atoms with Crippen LogP contribution in [0.2, 0.25) is 0 Å². The minimum Gasteiger partial charge on any atom is -0.497 e. The lowest BCUT2D eigenvalue weighted by atomic mass is 10.1. The molecular weight excluding hydrogens is 256 g/mol. The van der Waals surface area contributed by atoms with Crippen LogP contribution in [0.4, 0.5) is 10.5 Å². The van der Waals surface area contributed by atoms with Gasteiger partial charge in [0.1, 0.15) is 5.75 Å². The molecule has 1 rings (SSSR count). The number of benzene rings is 1. The molecule has 0 fully saturated rings. The summed E-state index contributed by atoms with van der Waals surface area (Å²) in [5, 5.41) is 15.5. The maximum atomic E-state index is 11.8. The van der Waals surface area contributed by atoms with E-state index in [1.54, 1.807) is 7.11 Å². The number of hydrogen-bond donors (Lipinski definition) is 4. The van der Waals surface area contributed by atoms with Gasteiger partial charge in [0.15, 0.2) is 5.96 Å². The summed E-state index contributed by atoms with van der Waals surface area (Å²) in [6, 6.07) is 3.27. The van der Waals surface area contributed by atoms with Crippen molar-refractivity contribution in [1.82, 2.24) is 10.6 Å². The Morgan fingerprint density at radius 3 is 2.40 bits per heavy atom. The van der Waals surface area contributed by atoms with Crippen molar-refractivity contribution >= 4 is 17.7 Å². The van der Waals surface area contributed by atoms with E-state index in [1.807, 2.05) is 32.9 Å². The van der Waals surface area contributed by atoms with Gasteiger partial charge in [-0.25, -0.2) is 4.79 Å². The molecule has 4 N–H and O–H groups in total. The standard InChI is InChI=1S/C14H22N4O2/c1-5-6-16-13(15)18-14(19)17-12-9(2)7-11(20-4)8-10(12)3/h7-8H,5-6H2,1-4H3,(H4,15,16,17,18,19). The fourth-order valence-electron chi connectivity index (χ4n) is 1.79. The third-order valence-electron chi connectivity index (χ3n) is 2.77. The van der Waals surface area contributed by atoms with Crippen LogP contribution in [0.3, 0.4) is 0 Å². The molecule has 0 saturated carbocycles. The van der Waals surface area contributed by atoms with E-state index in [2.05, 4.69) is 16.0 Å². The quantitative estimate of drug-likeness (QED) is 0.504. The highest BCUT2D eigenvalue weighted by Crippen LogP contribution is 2.25. The number of hydrogen-bond acceptors (Lipinski definition) is 3. The minimum atomic E-state index is -0.435. The van der Waals surface area contributed by atoms with Gasteiger partial charge in [-0.1, -0.05) is 6.92 Å². The zero-order valence-corrected chi connectivity index (χ0v) is 12.4. The Morgan fingerprint density at radius 1 is 1.30 bits per heavy atom. The van der Waals surface area contributed by atoms with Crippen LogP contribution in [0.5, 0.6) is 5.75 Å². The highest BCUT2D eigenvalue weighted by molar-refractivity contribution is 6.02. The van der Waals surface area contributed by atoms with Crippen LogP contribution in [-0.2, 0) is 0 Å².